The molecule has 7 nitrogen and oxygen atoms in total. The molecule has 0 spiro atoms. The van der Waals surface area contributed by atoms with Gasteiger partial charge in [-0.15, -0.1) is 10.2 Å². The van der Waals surface area contributed by atoms with Crippen molar-refractivity contribution < 1.29 is 4.79 Å². The predicted octanol–water partition coefficient (Wildman–Crippen LogP) is 2.39. The molecule has 150 valence electrons. The molecule has 5 rings (SSSR count). The maximum atomic E-state index is 13.1. The monoisotopic (exact) mass is 391 g/mol. The Labute approximate surface area is 168 Å². The van der Waals surface area contributed by atoms with Gasteiger partial charge in [0.25, 0.3) is 11.5 Å². The third-order valence-corrected chi connectivity index (χ3v) is 6.23. The van der Waals surface area contributed by atoms with Crippen molar-refractivity contribution in [1.82, 2.24) is 24.5 Å². The fourth-order valence-corrected chi connectivity index (χ4v) is 4.71. The number of hydrogen-bond acceptors (Lipinski definition) is 4. The third-order valence-electron chi connectivity index (χ3n) is 6.23. The number of carbonyl (C=O) groups is 1. The van der Waals surface area contributed by atoms with Gasteiger partial charge in [-0.1, -0.05) is 6.07 Å². The van der Waals surface area contributed by atoms with E-state index in [2.05, 4.69) is 15.2 Å². The quantitative estimate of drug-likeness (QED) is 0.743. The van der Waals surface area contributed by atoms with E-state index in [4.69, 9.17) is 0 Å². The Balaban J connectivity index is 1.34. The number of hydrogen-bond donors (Lipinski definition) is 1. The van der Waals surface area contributed by atoms with Crippen LogP contribution in [-0.2, 0) is 19.3 Å². The first-order valence-corrected chi connectivity index (χ1v) is 10.5. The zero-order chi connectivity index (χ0) is 19.8. The Kier molecular flexibility index (Phi) is 4.66. The molecule has 4 heterocycles. The van der Waals surface area contributed by atoms with Crippen molar-refractivity contribution in [2.75, 3.05) is 13.1 Å². The summed E-state index contributed by atoms with van der Waals surface area (Å²) in [5, 5.41) is 8.56. The molecule has 3 aromatic heterocycles. The summed E-state index contributed by atoms with van der Waals surface area (Å²) in [6.45, 7) is 1.35. The van der Waals surface area contributed by atoms with E-state index in [0.717, 1.165) is 67.7 Å². The number of carbonyl (C=O) groups excluding carboxylic acids is 1. The number of likely N-dealkylation sites (tertiary alicyclic amines) is 1. The van der Waals surface area contributed by atoms with Gasteiger partial charge in [-0.25, -0.2) is 0 Å². The number of amides is 1. The van der Waals surface area contributed by atoms with E-state index in [1.165, 1.54) is 0 Å². The number of aromatic amines is 1. The summed E-state index contributed by atoms with van der Waals surface area (Å²) in [6, 6.07) is 7.70. The van der Waals surface area contributed by atoms with Crippen molar-refractivity contribution in [3.8, 4) is 0 Å². The van der Waals surface area contributed by atoms with Crippen molar-refractivity contribution in [3.05, 3.63) is 63.5 Å². The highest BCUT2D eigenvalue weighted by Gasteiger charge is 2.28. The Bertz CT molecular complexity index is 1120. The lowest BCUT2D eigenvalue weighted by molar-refractivity contribution is 0.0670. The van der Waals surface area contributed by atoms with Crippen LogP contribution in [0.5, 0.6) is 0 Å². The van der Waals surface area contributed by atoms with Gasteiger partial charge in [-0.3, -0.25) is 14.0 Å². The Hall–Kier alpha value is -2.96. The minimum Gasteiger partial charge on any atom is -0.338 e. The molecule has 2 aliphatic rings. The van der Waals surface area contributed by atoms with E-state index in [9.17, 15) is 9.59 Å². The Morgan fingerprint density at radius 3 is 3.00 bits per heavy atom. The molecule has 1 saturated heterocycles. The molecular weight excluding hydrogens is 366 g/mol. The molecule has 1 fully saturated rings. The van der Waals surface area contributed by atoms with Crippen LogP contribution in [0.25, 0.3) is 5.65 Å². The van der Waals surface area contributed by atoms with Gasteiger partial charge in [0.1, 0.15) is 11.4 Å². The molecule has 1 atom stereocenters. The number of pyridine rings is 2. The predicted molar refractivity (Wildman–Crippen MR) is 109 cm³/mol. The lowest BCUT2D eigenvalue weighted by atomic mass is 9.93. The van der Waals surface area contributed by atoms with Gasteiger partial charge in [-0.2, -0.15) is 0 Å². The van der Waals surface area contributed by atoms with Crippen LogP contribution in [0, 0.1) is 5.92 Å². The molecule has 1 N–H and O–H groups in total. The smallest absolute Gasteiger partial charge is 0.261 e. The van der Waals surface area contributed by atoms with E-state index >= 15 is 0 Å². The zero-order valence-electron chi connectivity index (χ0n) is 16.4. The maximum absolute atomic E-state index is 13.1. The SMILES string of the molecule is O=C(c1cc2c([nH]c1=O)CCCC2)N1CCCC(Cc2nnc3ccccn23)C1. The highest BCUT2D eigenvalue weighted by atomic mass is 16.2. The fraction of sp³-hybridized carbons (Fsp3) is 0.455. The normalized spacial score (nSPS) is 19.3. The highest BCUT2D eigenvalue weighted by molar-refractivity contribution is 5.94. The Morgan fingerprint density at radius 1 is 1.17 bits per heavy atom. The van der Waals surface area contributed by atoms with Gasteiger partial charge in [0, 0.05) is 31.4 Å². The van der Waals surface area contributed by atoms with Crippen molar-refractivity contribution in [2.24, 2.45) is 5.92 Å². The van der Waals surface area contributed by atoms with Crippen molar-refractivity contribution in [2.45, 2.75) is 44.9 Å². The van der Waals surface area contributed by atoms with Crippen LogP contribution in [-0.4, -0.2) is 43.5 Å². The Morgan fingerprint density at radius 2 is 2.07 bits per heavy atom. The van der Waals surface area contributed by atoms with Crippen LogP contribution in [0.15, 0.2) is 35.3 Å². The van der Waals surface area contributed by atoms with Gasteiger partial charge < -0.3 is 9.88 Å². The van der Waals surface area contributed by atoms with Gasteiger partial charge >= 0.3 is 0 Å². The van der Waals surface area contributed by atoms with Crippen LogP contribution in [0.2, 0.25) is 0 Å². The lowest BCUT2D eigenvalue weighted by Crippen LogP contribution is -2.42. The number of nitrogens with one attached hydrogen (secondary N) is 1. The molecule has 0 aromatic carbocycles. The highest BCUT2D eigenvalue weighted by Crippen LogP contribution is 2.23. The zero-order valence-corrected chi connectivity index (χ0v) is 16.4. The number of nitrogens with zero attached hydrogens (tertiary/aromatic N) is 4. The number of aromatic nitrogens is 4. The van der Waals surface area contributed by atoms with Gasteiger partial charge in [0.15, 0.2) is 5.65 Å². The van der Waals surface area contributed by atoms with Gasteiger partial charge in [-0.05, 0) is 68.2 Å². The van der Waals surface area contributed by atoms with Crippen LogP contribution in [0.3, 0.4) is 0 Å². The molecule has 1 aliphatic carbocycles. The summed E-state index contributed by atoms with van der Waals surface area (Å²) >= 11 is 0. The minimum atomic E-state index is -0.249. The van der Waals surface area contributed by atoms with Crippen molar-refractivity contribution in [1.29, 1.82) is 0 Å². The molecule has 0 saturated carbocycles. The lowest BCUT2D eigenvalue weighted by Gasteiger charge is -2.32. The molecule has 1 aliphatic heterocycles. The van der Waals surface area contributed by atoms with E-state index in [1.807, 2.05) is 39.8 Å². The van der Waals surface area contributed by atoms with Gasteiger partial charge in [0.2, 0.25) is 0 Å². The molecule has 29 heavy (non-hydrogen) atoms. The van der Waals surface area contributed by atoms with E-state index in [0.29, 0.717) is 24.6 Å². The average molecular weight is 391 g/mol. The number of H-pyrrole nitrogens is 1. The summed E-state index contributed by atoms with van der Waals surface area (Å²) in [5.74, 6) is 1.10. The van der Waals surface area contributed by atoms with Crippen LogP contribution < -0.4 is 5.56 Å². The van der Waals surface area contributed by atoms with Gasteiger partial charge in [0.05, 0.1) is 0 Å². The minimum absolute atomic E-state index is 0.143. The molecule has 1 unspecified atom stereocenters. The number of aryl methyl sites for hydroxylation is 2. The van der Waals surface area contributed by atoms with Crippen molar-refractivity contribution in [3.63, 3.8) is 0 Å². The molecule has 1 amide bonds. The van der Waals surface area contributed by atoms with Crippen LogP contribution >= 0.6 is 0 Å². The summed E-state index contributed by atoms with van der Waals surface area (Å²) in [5.41, 5.74) is 3.02. The van der Waals surface area contributed by atoms with E-state index in [-0.39, 0.29) is 11.5 Å². The first kappa shape index (κ1) is 18.1. The second kappa shape index (κ2) is 7.46. The second-order valence-electron chi connectivity index (χ2n) is 8.23. The molecule has 0 radical (unpaired) electrons. The first-order chi connectivity index (χ1) is 14.2. The summed E-state index contributed by atoms with van der Waals surface area (Å²) in [6.07, 6.45) is 8.79. The molecule has 7 heteroatoms. The summed E-state index contributed by atoms with van der Waals surface area (Å²) < 4.78 is 2.01. The molecule has 3 aromatic rings. The van der Waals surface area contributed by atoms with E-state index < -0.39 is 0 Å². The summed E-state index contributed by atoms with van der Waals surface area (Å²) in [7, 11) is 0. The standard InChI is InChI=1S/C22H25N5O2/c28-21-17(13-16-7-1-2-8-18(16)23-21)22(29)26-10-5-6-15(14-26)12-20-25-24-19-9-3-4-11-27(19)20/h3-4,9,11,13,15H,1-2,5-8,10,12,14H2,(H,23,28). The molecule has 0 bridgehead atoms. The topological polar surface area (TPSA) is 83.4 Å². The average Bonchev–Trinajstić information content (AvgIpc) is 3.16. The fourth-order valence-electron chi connectivity index (χ4n) is 4.71. The maximum Gasteiger partial charge on any atom is 0.261 e. The van der Waals surface area contributed by atoms with E-state index in [1.54, 1.807) is 0 Å². The number of fused-ring (bicyclic) bond motifs is 2. The molecular formula is C22H25N5O2. The van der Waals surface area contributed by atoms with Crippen LogP contribution in [0.1, 0.15) is 53.1 Å². The number of rotatable bonds is 3. The van der Waals surface area contributed by atoms with Crippen molar-refractivity contribution >= 4 is 11.6 Å². The number of piperidine rings is 1. The second-order valence-corrected chi connectivity index (χ2v) is 8.23. The summed E-state index contributed by atoms with van der Waals surface area (Å²) in [4.78, 5) is 30.5. The third kappa shape index (κ3) is 3.45. The van der Waals surface area contributed by atoms with Crippen LogP contribution in [0.4, 0.5) is 0 Å². The largest absolute Gasteiger partial charge is 0.338 e. The first-order valence-electron chi connectivity index (χ1n) is 10.5.